The van der Waals surface area contributed by atoms with Crippen LogP contribution in [-0.2, 0) is 28.9 Å². The average Bonchev–Trinajstić information content (AvgIpc) is 2.67. The molecular formula is C24H29NO3. The van der Waals surface area contributed by atoms with Crippen molar-refractivity contribution in [1.82, 2.24) is 0 Å². The number of hydrogen-bond acceptors (Lipinski definition) is 4. The van der Waals surface area contributed by atoms with E-state index in [0.717, 1.165) is 36.1 Å². The van der Waals surface area contributed by atoms with Crippen LogP contribution in [0.3, 0.4) is 0 Å². The van der Waals surface area contributed by atoms with E-state index in [0.29, 0.717) is 12.2 Å². The molecule has 2 aliphatic rings. The highest BCUT2D eigenvalue weighted by molar-refractivity contribution is 5.72. The third-order valence-corrected chi connectivity index (χ3v) is 6.77. The monoisotopic (exact) mass is 379 g/mol. The van der Waals surface area contributed by atoms with Crippen LogP contribution in [0.5, 0.6) is 5.75 Å². The molecule has 0 bridgehead atoms. The first kappa shape index (κ1) is 18.9. The molecule has 1 aliphatic carbocycles. The Hall–Kier alpha value is -2.49. The van der Waals surface area contributed by atoms with Crippen molar-refractivity contribution in [3.05, 3.63) is 58.1 Å². The van der Waals surface area contributed by atoms with Gasteiger partial charge in [0.1, 0.15) is 5.75 Å². The zero-order valence-corrected chi connectivity index (χ0v) is 17.0. The van der Waals surface area contributed by atoms with Gasteiger partial charge < -0.3 is 14.7 Å². The minimum absolute atomic E-state index is 0.211. The molecule has 0 aromatic heterocycles. The van der Waals surface area contributed by atoms with Crippen LogP contribution in [0, 0.1) is 13.8 Å². The Morgan fingerprint density at radius 1 is 1.14 bits per heavy atom. The van der Waals surface area contributed by atoms with Gasteiger partial charge in [0.25, 0.3) is 0 Å². The summed E-state index contributed by atoms with van der Waals surface area (Å²) in [5.74, 6) is 0.229. The standard InChI is InChI=1S/C24H29NO3/c1-16-13-21-20(17(2)23(16)27)9-12-24(10-4-11-24)25(21)15-19-7-5-18(6-8-19)14-22(26)28-3/h5-8,13,27H,4,9-12,14-15H2,1-3H3. The molecule has 4 nitrogen and oxygen atoms in total. The molecule has 28 heavy (non-hydrogen) atoms. The molecule has 1 aliphatic heterocycles. The van der Waals surface area contributed by atoms with Crippen LogP contribution in [0.15, 0.2) is 30.3 Å². The number of ether oxygens (including phenoxy) is 1. The fourth-order valence-corrected chi connectivity index (χ4v) is 4.84. The smallest absolute Gasteiger partial charge is 0.309 e. The summed E-state index contributed by atoms with van der Waals surface area (Å²) in [6.07, 6.45) is 6.29. The number of phenols is 1. The van der Waals surface area contributed by atoms with Crippen LogP contribution in [0.25, 0.3) is 0 Å². The molecule has 1 fully saturated rings. The minimum atomic E-state index is -0.211. The van der Waals surface area contributed by atoms with Crippen LogP contribution in [-0.4, -0.2) is 23.7 Å². The van der Waals surface area contributed by atoms with Gasteiger partial charge in [-0.2, -0.15) is 0 Å². The molecule has 0 radical (unpaired) electrons. The molecule has 1 saturated carbocycles. The van der Waals surface area contributed by atoms with E-state index in [9.17, 15) is 9.90 Å². The van der Waals surface area contributed by atoms with Crippen molar-refractivity contribution in [3.8, 4) is 5.75 Å². The largest absolute Gasteiger partial charge is 0.507 e. The lowest BCUT2D eigenvalue weighted by Gasteiger charge is -2.55. The number of fused-ring (bicyclic) bond motifs is 1. The Bertz CT molecular complexity index is 897. The molecule has 0 unspecified atom stereocenters. The molecule has 1 heterocycles. The van der Waals surface area contributed by atoms with Crippen LogP contribution in [0.1, 0.15) is 53.5 Å². The Labute approximate surface area is 167 Å². The molecule has 1 N–H and O–H groups in total. The number of methoxy groups -OCH3 is 1. The second-order valence-electron chi connectivity index (χ2n) is 8.40. The minimum Gasteiger partial charge on any atom is -0.507 e. The number of phenolic OH excluding ortho intramolecular Hbond substituents is 1. The number of benzene rings is 2. The molecular weight excluding hydrogens is 350 g/mol. The number of nitrogens with zero attached hydrogens (tertiary/aromatic N) is 1. The fourth-order valence-electron chi connectivity index (χ4n) is 4.84. The highest BCUT2D eigenvalue weighted by Crippen LogP contribution is 2.50. The van der Waals surface area contributed by atoms with Crippen LogP contribution >= 0.6 is 0 Å². The molecule has 4 rings (SSSR count). The van der Waals surface area contributed by atoms with E-state index in [1.807, 2.05) is 26.0 Å². The first-order valence-electron chi connectivity index (χ1n) is 10.2. The molecule has 148 valence electrons. The lowest BCUT2D eigenvalue weighted by atomic mass is 9.68. The maximum Gasteiger partial charge on any atom is 0.309 e. The third-order valence-electron chi connectivity index (χ3n) is 6.77. The molecule has 2 aromatic carbocycles. The number of rotatable bonds is 4. The number of aromatic hydroxyl groups is 1. The molecule has 0 atom stereocenters. The summed E-state index contributed by atoms with van der Waals surface area (Å²) in [5, 5.41) is 10.4. The van der Waals surface area contributed by atoms with Crippen molar-refractivity contribution in [3.63, 3.8) is 0 Å². The Morgan fingerprint density at radius 3 is 2.43 bits per heavy atom. The Balaban J connectivity index is 1.65. The number of esters is 1. The Morgan fingerprint density at radius 2 is 1.82 bits per heavy atom. The van der Waals surface area contributed by atoms with E-state index in [1.54, 1.807) is 0 Å². The number of hydrogen-bond donors (Lipinski definition) is 1. The maximum absolute atomic E-state index is 11.5. The van der Waals surface area contributed by atoms with E-state index >= 15 is 0 Å². The van der Waals surface area contributed by atoms with Gasteiger partial charge >= 0.3 is 5.97 Å². The topological polar surface area (TPSA) is 49.8 Å². The SMILES string of the molecule is COC(=O)Cc1ccc(CN2c3cc(C)c(O)c(C)c3CCC23CCC3)cc1. The number of carbonyl (C=O) groups excluding carboxylic acids is 1. The maximum atomic E-state index is 11.5. The van der Waals surface area contributed by atoms with Crippen molar-refractivity contribution < 1.29 is 14.6 Å². The summed E-state index contributed by atoms with van der Waals surface area (Å²) in [6.45, 7) is 4.89. The van der Waals surface area contributed by atoms with Crippen molar-refractivity contribution >= 4 is 11.7 Å². The number of carbonyl (C=O) groups is 1. The zero-order valence-electron chi connectivity index (χ0n) is 17.0. The van der Waals surface area contributed by atoms with Gasteiger partial charge in [-0.05, 0) is 79.8 Å². The first-order valence-corrected chi connectivity index (χ1v) is 10.2. The molecule has 4 heteroatoms. The summed E-state index contributed by atoms with van der Waals surface area (Å²) in [5.41, 5.74) is 7.04. The summed E-state index contributed by atoms with van der Waals surface area (Å²) in [6, 6.07) is 10.5. The van der Waals surface area contributed by atoms with E-state index in [-0.39, 0.29) is 11.5 Å². The Kier molecular flexibility index (Phi) is 4.82. The normalized spacial score (nSPS) is 17.2. The second kappa shape index (κ2) is 7.16. The molecule has 1 spiro atoms. The predicted octanol–water partition coefficient (Wildman–Crippen LogP) is 4.60. The van der Waals surface area contributed by atoms with E-state index in [1.165, 1.54) is 43.2 Å². The van der Waals surface area contributed by atoms with Crippen molar-refractivity contribution in [2.24, 2.45) is 0 Å². The van der Waals surface area contributed by atoms with Crippen LogP contribution in [0.4, 0.5) is 5.69 Å². The van der Waals surface area contributed by atoms with Crippen molar-refractivity contribution in [2.45, 2.75) is 64.5 Å². The number of anilines is 1. The van der Waals surface area contributed by atoms with Gasteiger partial charge in [-0.1, -0.05) is 24.3 Å². The zero-order chi connectivity index (χ0) is 19.9. The summed E-state index contributed by atoms with van der Waals surface area (Å²) in [4.78, 5) is 14.1. The quantitative estimate of drug-likeness (QED) is 0.789. The van der Waals surface area contributed by atoms with Crippen molar-refractivity contribution in [1.29, 1.82) is 0 Å². The van der Waals surface area contributed by atoms with Crippen LogP contribution in [0.2, 0.25) is 0 Å². The first-order chi connectivity index (χ1) is 13.4. The van der Waals surface area contributed by atoms with Gasteiger partial charge in [0, 0.05) is 17.8 Å². The van der Waals surface area contributed by atoms with Gasteiger partial charge in [0.15, 0.2) is 0 Å². The number of aryl methyl sites for hydroxylation is 1. The lowest BCUT2D eigenvalue weighted by molar-refractivity contribution is -0.139. The summed E-state index contributed by atoms with van der Waals surface area (Å²) >= 11 is 0. The van der Waals surface area contributed by atoms with Crippen LogP contribution < -0.4 is 4.90 Å². The average molecular weight is 380 g/mol. The van der Waals surface area contributed by atoms with Gasteiger partial charge in [-0.25, -0.2) is 0 Å². The summed E-state index contributed by atoms with van der Waals surface area (Å²) < 4.78 is 4.76. The third kappa shape index (κ3) is 3.15. The van der Waals surface area contributed by atoms with E-state index in [2.05, 4.69) is 23.1 Å². The van der Waals surface area contributed by atoms with Gasteiger partial charge in [-0.3, -0.25) is 4.79 Å². The highest BCUT2D eigenvalue weighted by Gasteiger charge is 2.45. The van der Waals surface area contributed by atoms with E-state index < -0.39 is 0 Å². The van der Waals surface area contributed by atoms with Crippen molar-refractivity contribution in [2.75, 3.05) is 12.0 Å². The molecule has 0 saturated heterocycles. The van der Waals surface area contributed by atoms with Gasteiger partial charge in [0.05, 0.1) is 13.5 Å². The molecule has 0 amide bonds. The fraction of sp³-hybridized carbons (Fsp3) is 0.458. The lowest BCUT2D eigenvalue weighted by Crippen LogP contribution is -2.56. The van der Waals surface area contributed by atoms with Gasteiger partial charge in [0.2, 0.25) is 0 Å². The predicted molar refractivity (Wildman–Crippen MR) is 111 cm³/mol. The second-order valence-corrected chi connectivity index (χ2v) is 8.40. The van der Waals surface area contributed by atoms with Gasteiger partial charge in [-0.15, -0.1) is 0 Å². The summed E-state index contributed by atoms with van der Waals surface area (Å²) in [7, 11) is 1.42. The molecule has 2 aromatic rings. The highest BCUT2D eigenvalue weighted by atomic mass is 16.5. The van der Waals surface area contributed by atoms with E-state index in [4.69, 9.17) is 4.74 Å².